The van der Waals surface area contributed by atoms with Crippen LogP contribution in [0.1, 0.15) is 24.8 Å². The summed E-state index contributed by atoms with van der Waals surface area (Å²) in [4.78, 5) is 9.82. The smallest absolute Gasteiger partial charge is 0.315 e. The lowest BCUT2D eigenvalue weighted by Crippen LogP contribution is -2.42. The Labute approximate surface area is 130 Å². The molecule has 2 amide bonds. The SMILES string of the molecule is O=C(NCc1cccc(S(F)(F)(F)(F)F)c1)NC1CC2CC1C2. The normalized spacial score (nSPS) is 29.2. The predicted octanol–water partition coefficient (Wildman–Crippen LogP) is 4.94. The summed E-state index contributed by atoms with van der Waals surface area (Å²) in [6.07, 6.45) is 3.14. The molecule has 0 spiro atoms. The molecule has 1 unspecified atom stereocenters. The van der Waals surface area contributed by atoms with Crippen LogP contribution in [0.2, 0.25) is 0 Å². The molecule has 3 saturated carbocycles. The molecule has 3 fully saturated rings. The Hall–Kier alpha value is -1.51. The highest BCUT2D eigenvalue weighted by Crippen LogP contribution is 3.02. The van der Waals surface area contributed by atoms with Crippen molar-refractivity contribution in [3.05, 3.63) is 29.8 Å². The number of halogens is 5. The van der Waals surface area contributed by atoms with Crippen LogP contribution in [-0.4, -0.2) is 12.1 Å². The third-order valence-corrected chi connectivity index (χ3v) is 5.69. The van der Waals surface area contributed by atoms with Crippen LogP contribution >= 0.6 is 10.2 Å². The molecule has 3 nitrogen and oxygen atoms in total. The number of benzene rings is 1. The molecule has 130 valence electrons. The monoisotopic (exact) mass is 356 g/mol. The van der Waals surface area contributed by atoms with E-state index in [0.29, 0.717) is 24.0 Å². The molecule has 2 N–H and O–H groups in total. The second-order valence-electron chi connectivity index (χ2n) is 6.38. The van der Waals surface area contributed by atoms with E-state index in [4.69, 9.17) is 0 Å². The maximum absolute atomic E-state index is 12.7. The maximum atomic E-state index is 12.7. The van der Waals surface area contributed by atoms with E-state index in [9.17, 15) is 24.2 Å². The first-order valence-corrected chi connectivity index (χ1v) is 9.23. The van der Waals surface area contributed by atoms with Crippen molar-refractivity contribution in [2.75, 3.05) is 0 Å². The van der Waals surface area contributed by atoms with Gasteiger partial charge in [0, 0.05) is 12.6 Å². The van der Waals surface area contributed by atoms with E-state index >= 15 is 0 Å². The van der Waals surface area contributed by atoms with Gasteiger partial charge < -0.3 is 10.6 Å². The Kier molecular flexibility index (Phi) is 3.21. The van der Waals surface area contributed by atoms with Crippen molar-refractivity contribution in [1.29, 1.82) is 0 Å². The zero-order valence-electron chi connectivity index (χ0n) is 12.1. The van der Waals surface area contributed by atoms with Crippen LogP contribution in [0.15, 0.2) is 29.2 Å². The summed E-state index contributed by atoms with van der Waals surface area (Å²) in [6, 6.07) is 2.52. The van der Waals surface area contributed by atoms with Crippen LogP contribution in [0.25, 0.3) is 0 Å². The zero-order valence-corrected chi connectivity index (χ0v) is 12.9. The minimum Gasteiger partial charge on any atom is -0.335 e. The van der Waals surface area contributed by atoms with Gasteiger partial charge in [-0.05, 0) is 48.8 Å². The molecule has 9 heteroatoms. The number of nitrogens with one attached hydrogen (secondary N) is 2. The van der Waals surface area contributed by atoms with E-state index in [2.05, 4.69) is 10.6 Å². The first-order chi connectivity index (χ1) is 10.4. The highest BCUT2D eigenvalue weighted by molar-refractivity contribution is 8.45. The molecule has 1 atom stereocenters. The number of carbonyl (C=O) groups excluding carboxylic acids is 1. The second kappa shape index (κ2) is 4.52. The minimum absolute atomic E-state index is 0.0263. The number of urea groups is 1. The lowest BCUT2D eigenvalue weighted by Gasteiger charge is -2.40. The van der Waals surface area contributed by atoms with E-state index in [1.807, 2.05) is 0 Å². The first-order valence-electron chi connectivity index (χ1n) is 7.28. The third-order valence-electron chi connectivity index (χ3n) is 4.54. The van der Waals surface area contributed by atoms with Crippen LogP contribution in [0.5, 0.6) is 0 Å². The number of hydrogen-bond acceptors (Lipinski definition) is 1. The number of hydrogen-bond donors (Lipinski definition) is 2. The molecule has 1 aromatic rings. The van der Waals surface area contributed by atoms with Crippen molar-refractivity contribution in [3.8, 4) is 0 Å². The largest absolute Gasteiger partial charge is 0.335 e. The van der Waals surface area contributed by atoms with Gasteiger partial charge in [0.2, 0.25) is 0 Å². The van der Waals surface area contributed by atoms with E-state index in [1.54, 1.807) is 0 Å². The van der Waals surface area contributed by atoms with Crippen LogP contribution in [0, 0.1) is 11.8 Å². The van der Waals surface area contributed by atoms with Crippen molar-refractivity contribution in [3.63, 3.8) is 0 Å². The standard InChI is InChI=1S/C14H17F5N2OS/c15-23(16,17,18,19)12-3-1-2-9(6-12)8-20-14(22)21-13-7-10-4-11(13)5-10/h1-3,6,10-11,13H,4-5,7-8H2,(H2,20,21,22). The second-order valence-corrected chi connectivity index (χ2v) is 8.79. The van der Waals surface area contributed by atoms with Crippen LogP contribution in [0.3, 0.4) is 0 Å². The van der Waals surface area contributed by atoms with Crippen molar-refractivity contribution in [2.45, 2.75) is 36.7 Å². The predicted molar refractivity (Wildman–Crippen MR) is 77.8 cm³/mol. The Morgan fingerprint density at radius 2 is 1.83 bits per heavy atom. The molecule has 3 aliphatic rings. The molecule has 0 aliphatic heterocycles. The van der Waals surface area contributed by atoms with Crippen molar-refractivity contribution < 1.29 is 24.2 Å². The average Bonchev–Trinajstić information content (AvgIpc) is 2.92. The van der Waals surface area contributed by atoms with E-state index in [1.165, 1.54) is 6.07 Å². The lowest BCUT2D eigenvalue weighted by molar-refractivity contribution is 0.230. The molecule has 23 heavy (non-hydrogen) atoms. The summed E-state index contributed by atoms with van der Waals surface area (Å²) in [5.41, 5.74) is -0.0263. The molecule has 3 aliphatic carbocycles. The van der Waals surface area contributed by atoms with Gasteiger partial charge in [-0.2, -0.15) is 0 Å². The molecule has 0 heterocycles. The minimum atomic E-state index is -9.69. The van der Waals surface area contributed by atoms with Crippen LogP contribution in [-0.2, 0) is 6.54 Å². The van der Waals surface area contributed by atoms with Gasteiger partial charge in [0.05, 0.1) is 0 Å². The quantitative estimate of drug-likeness (QED) is 0.737. The Morgan fingerprint density at radius 3 is 2.39 bits per heavy atom. The van der Waals surface area contributed by atoms with E-state index in [0.717, 1.165) is 25.3 Å². The Morgan fingerprint density at radius 1 is 1.13 bits per heavy atom. The lowest BCUT2D eigenvalue weighted by atomic mass is 9.84. The Bertz CT molecular complexity index is 642. The summed E-state index contributed by atoms with van der Waals surface area (Å²) in [5, 5.41) is 5.21. The zero-order chi connectivity index (χ0) is 16.9. The summed E-state index contributed by atoms with van der Waals surface area (Å²) in [7, 11) is -9.69. The summed E-state index contributed by atoms with van der Waals surface area (Å²) < 4.78 is 63.7. The van der Waals surface area contributed by atoms with Crippen molar-refractivity contribution >= 4 is 16.3 Å². The summed E-state index contributed by atoms with van der Waals surface area (Å²) in [5.74, 6) is 1.15. The van der Waals surface area contributed by atoms with Gasteiger partial charge >= 0.3 is 16.3 Å². The van der Waals surface area contributed by atoms with E-state index < -0.39 is 21.2 Å². The molecule has 2 bridgehead atoms. The van der Waals surface area contributed by atoms with Gasteiger partial charge in [-0.15, -0.1) is 0 Å². The highest BCUT2D eigenvalue weighted by atomic mass is 32.5. The molecular weight excluding hydrogens is 339 g/mol. The van der Waals surface area contributed by atoms with Crippen LogP contribution < -0.4 is 10.6 Å². The molecule has 1 aromatic carbocycles. The third kappa shape index (κ3) is 3.70. The van der Waals surface area contributed by atoms with Gasteiger partial charge in [-0.3, -0.25) is 0 Å². The van der Waals surface area contributed by atoms with Gasteiger partial charge in [-0.25, -0.2) is 4.79 Å². The van der Waals surface area contributed by atoms with Gasteiger partial charge in [0.15, 0.2) is 0 Å². The first kappa shape index (κ1) is 16.4. The van der Waals surface area contributed by atoms with E-state index in [-0.39, 0.29) is 18.2 Å². The van der Waals surface area contributed by atoms with Crippen molar-refractivity contribution in [2.24, 2.45) is 11.8 Å². The number of amides is 2. The number of rotatable bonds is 4. The highest BCUT2D eigenvalue weighted by Gasteiger charge is 2.65. The van der Waals surface area contributed by atoms with Gasteiger partial charge in [0.1, 0.15) is 4.90 Å². The molecule has 0 aromatic heterocycles. The van der Waals surface area contributed by atoms with Gasteiger partial charge in [-0.1, -0.05) is 31.6 Å². The molecular formula is C14H17F5N2OS. The fourth-order valence-electron chi connectivity index (χ4n) is 3.33. The average molecular weight is 356 g/mol. The van der Waals surface area contributed by atoms with Crippen molar-refractivity contribution in [1.82, 2.24) is 10.6 Å². The molecule has 4 rings (SSSR count). The Balaban J connectivity index is 1.59. The summed E-state index contributed by atoms with van der Waals surface area (Å²) >= 11 is 0. The fourth-order valence-corrected chi connectivity index (χ4v) is 4.04. The molecule has 0 radical (unpaired) electrons. The molecule has 0 saturated heterocycles. The van der Waals surface area contributed by atoms with Crippen LogP contribution in [0.4, 0.5) is 24.2 Å². The van der Waals surface area contributed by atoms with Gasteiger partial charge in [0.25, 0.3) is 0 Å². The maximum Gasteiger partial charge on any atom is 0.315 e. The number of carbonyl (C=O) groups is 1. The summed E-state index contributed by atoms with van der Waals surface area (Å²) in [6.45, 7) is -0.242. The topological polar surface area (TPSA) is 41.1 Å². The number of fused-ring (bicyclic) bond motifs is 1. The fraction of sp³-hybridized carbons (Fsp3) is 0.500.